The van der Waals surface area contributed by atoms with E-state index in [2.05, 4.69) is 9.36 Å². The first-order valence-corrected chi connectivity index (χ1v) is 5.30. The van der Waals surface area contributed by atoms with Gasteiger partial charge in [0.05, 0.1) is 19.6 Å². The van der Waals surface area contributed by atoms with Gasteiger partial charge in [-0.1, -0.05) is 0 Å². The molecule has 0 radical (unpaired) electrons. The molecule has 1 aromatic heterocycles. The zero-order valence-corrected chi connectivity index (χ0v) is 8.50. The molecule has 14 heavy (non-hydrogen) atoms. The highest BCUT2D eigenvalue weighted by Crippen LogP contribution is 2.02. The van der Waals surface area contributed by atoms with Crippen molar-refractivity contribution >= 4 is 17.4 Å². The highest BCUT2D eigenvalue weighted by molar-refractivity contribution is 7.03. The Hall–Kier alpha value is -1.01. The normalized spacial score (nSPS) is 17.0. The van der Waals surface area contributed by atoms with Crippen molar-refractivity contribution in [1.29, 1.82) is 0 Å². The van der Waals surface area contributed by atoms with E-state index in [0.29, 0.717) is 38.5 Å². The summed E-state index contributed by atoms with van der Waals surface area (Å²) in [5.41, 5.74) is 1.64. The standard InChI is InChI=1S/C8H11N3O2S/c12-8(5-7-9-6-14-10-7)11-1-3-13-4-2-11/h6H,1-5H2. The Labute approximate surface area is 85.9 Å². The highest BCUT2D eigenvalue weighted by atomic mass is 32.1. The quantitative estimate of drug-likeness (QED) is 0.690. The summed E-state index contributed by atoms with van der Waals surface area (Å²) >= 11 is 1.27. The molecule has 76 valence electrons. The van der Waals surface area contributed by atoms with Gasteiger partial charge in [-0.05, 0) is 11.5 Å². The van der Waals surface area contributed by atoms with Crippen LogP contribution in [0.4, 0.5) is 0 Å². The first kappa shape index (κ1) is 9.54. The van der Waals surface area contributed by atoms with Crippen LogP contribution in [-0.2, 0) is 16.0 Å². The van der Waals surface area contributed by atoms with Crippen molar-refractivity contribution in [2.75, 3.05) is 26.3 Å². The maximum atomic E-state index is 11.7. The van der Waals surface area contributed by atoms with Crippen molar-refractivity contribution in [2.45, 2.75) is 6.42 Å². The Morgan fingerprint density at radius 2 is 2.36 bits per heavy atom. The molecular weight excluding hydrogens is 202 g/mol. The molecule has 6 heteroatoms. The van der Waals surface area contributed by atoms with E-state index < -0.39 is 0 Å². The van der Waals surface area contributed by atoms with Crippen molar-refractivity contribution in [3.05, 3.63) is 11.3 Å². The molecule has 1 amide bonds. The minimum atomic E-state index is 0.0895. The Kier molecular flexibility index (Phi) is 3.05. The molecule has 0 unspecified atom stereocenters. The van der Waals surface area contributed by atoms with E-state index in [0.717, 1.165) is 0 Å². The van der Waals surface area contributed by atoms with Gasteiger partial charge < -0.3 is 9.64 Å². The summed E-state index contributed by atoms with van der Waals surface area (Å²) in [6, 6.07) is 0. The lowest BCUT2D eigenvalue weighted by molar-refractivity contribution is -0.134. The monoisotopic (exact) mass is 213 g/mol. The van der Waals surface area contributed by atoms with E-state index in [9.17, 15) is 4.79 Å². The first-order valence-electron chi connectivity index (χ1n) is 4.47. The summed E-state index contributed by atoms with van der Waals surface area (Å²) in [6.45, 7) is 2.64. The minimum absolute atomic E-state index is 0.0895. The number of amides is 1. The molecule has 0 aromatic carbocycles. The van der Waals surface area contributed by atoms with Crippen molar-refractivity contribution in [1.82, 2.24) is 14.3 Å². The first-order chi connectivity index (χ1) is 6.86. The number of nitrogens with zero attached hydrogens (tertiary/aromatic N) is 3. The minimum Gasteiger partial charge on any atom is -0.378 e. The Balaban J connectivity index is 1.88. The van der Waals surface area contributed by atoms with Crippen molar-refractivity contribution < 1.29 is 9.53 Å². The smallest absolute Gasteiger partial charge is 0.230 e. The maximum Gasteiger partial charge on any atom is 0.230 e. The summed E-state index contributed by atoms with van der Waals surface area (Å²) in [6.07, 6.45) is 0.309. The highest BCUT2D eigenvalue weighted by Gasteiger charge is 2.17. The largest absolute Gasteiger partial charge is 0.378 e. The SMILES string of the molecule is O=C(Cc1ncsn1)N1CCOCC1. The molecule has 2 rings (SSSR count). The molecule has 1 fully saturated rings. The molecule has 0 bridgehead atoms. The van der Waals surface area contributed by atoms with Gasteiger partial charge in [0.15, 0.2) is 5.82 Å². The van der Waals surface area contributed by atoms with Crippen LogP contribution >= 0.6 is 11.5 Å². The van der Waals surface area contributed by atoms with Crippen LogP contribution in [0.15, 0.2) is 5.51 Å². The van der Waals surface area contributed by atoms with Crippen molar-refractivity contribution in [3.8, 4) is 0 Å². The average Bonchev–Trinajstić information content (AvgIpc) is 2.72. The Morgan fingerprint density at radius 3 is 3.00 bits per heavy atom. The number of aromatic nitrogens is 2. The van der Waals surface area contributed by atoms with Gasteiger partial charge in [0.25, 0.3) is 0 Å². The second-order valence-electron chi connectivity index (χ2n) is 3.02. The van der Waals surface area contributed by atoms with E-state index in [1.54, 1.807) is 10.4 Å². The van der Waals surface area contributed by atoms with Gasteiger partial charge in [0.1, 0.15) is 5.51 Å². The topological polar surface area (TPSA) is 55.3 Å². The zero-order chi connectivity index (χ0) is 9.80. The fraction of sp³-hybridized carbons (Fsp3) is 0.625. The van der Waals surface area contributed by atoms with Crippen LogP contribution in [0.2, 0.25) is 0 Å². The molecule has 5 nitrogen and oxygen atoms in total. The lowest BCUT2D eigenvalue weighted by Gasteiger charge is -2.26. The van der Waals surface area contributed by atoms with Gasteiger partial charge in [-0.25, -0.2) is 4.98 Å². The molecule has 0 aliphatic carbocycles. The van der Waals surface area contributed by atoms with Gasteiger partial charge in [0, 0.05) is 13.1 Å². The van der Waals surface area contributed by atoms with Gasteiger partial charge in [0.2, 0.25) is 5.91 Å². The molecule has 0 atom stereocenters. The molecular formula is C8H11N3O2S. The van der Waals surface area contributed by atoms with E-state index >= 15 is 0 Å². The molecule has 0 spiro atoms. The maximum absolute atomic E-state index is 11.7. The second kappa shape index (κ2) is 4.47. The molecule has 0 saturated carbocycles. The fourth-order valence-corrected chi connectivity index (χ4v) is 1.78. The predicted molar refractivity (Wildman–Crippen MR) is 51.0 cm³/mol. The summed E-state index contributed by atoms with van der Waals surface area (Å²) in [4.78, 5) is 17.4. The number of ether oxygens (including phenoxy) is 1. The number of carbonyl (C=O) groups is 1. The second-order valence-corrected chi connectivity index (χ2v) is 3.62. The Bertz CT molecular complexity index is 296. The third-order valence-electron chi connectivity index (χ3n) is 2.08. The summed E-state index contributed by atoms with van der Waals surface area (Å²) < 4.78 is 9.16. The van der Waals surface area contributed by atoms with E-state index in [4.69, 9.17) is 4.74 Å². The van der Waals surface area contributed by atoms with Crippen LogP contribution in [0.1, 0.15) is 5.82 Å². The molecule has 1 aromatic rings. The van der Waals surface area contributed by atoms with Crippen LogP contribution in [-0.4, -0.2) is 46.5 Å². The number of hydrogen-bond acceptors (Lipinski definition) is 5. The number of carbonyl (C=O) groups excluding carboxylic acids is 1. The van der Waals surface area contributed by atoms with Crippen LogP contribution in [0, 0.1) is 0 Å². The average molecular weight is 213 g/mol. The van der Waals surface area contributed by atoms with E-state index in [1.807, 2.05) is 0 Å². The van der Waals surface area contributed by atoms with Crippen molar-refractivity contribution in [3.63, 3.8) is 0 Å². The lowest BCUT2D eigenvalue weighted by atomic mass is 10.3. The number of rotatable bonds is 2. The van der Waals surface area contributed by atoms with Gasteiger partial charge in [-0.15, -0.1) is 0 Å². The van der Waals surface area contributed by atoms with Crippen LogP contribution in [0.25, 0.3) is 0 Å². The molecule has 0 N–H and O–H groups in total. The van der Waals surface area contributed by atoms with Crippen LogP contribution in [0.5, 0.6) is 0 Å². The summed E-state index contributed by atoms with van der Waals surface area (Å²) in [7, 11) is 0. The third-order valence-corrected chi connectivity index (χ3v) is 2.60. The molecule has 2 heterocycles. The van der Waals surface area contributed by atoms with Gasteiger partial charge in [-0.2, -0.15) is 4.37 Å². The summed E-state index contributed by atoms with van der Waals surface area (Å²) in [5.74, 6) is 0.707. The number of morpholine rings is 1. The Morgan fingerprint density at radius 1 is 1.57 bits per heavy atom. The van der Waals surface area contributed by atoms with Crippen molar-refractivity contribution in [2.24, 2.45) is 0 Å². The lowest BCUT2D eigenvalue weighted by Crippen LogP contribution is -2.41. The van der Waals surface area contributed by atoms with Crippen LogP contribution in [0.3, 0.4) is 0 Å². The van der Waals surface area contributed by atoms with Gasteiger partial charge >= 0.3 is 0 Å². The molecule has 1 aliphatic heterocycles. The van der Waals surface area contributed by atoms with E-state index in [1.165, 1.54) is 11.5 Å². The molecule has 1 saturated heterocycles. The predicted octanol–water partition coefficient (Wildman–Crippen LogP) is -0.0606. The third kappa shape index (κ3) is 2.27. The summed E-state index contributed by atoms with van der Waals surface area (Å²) in [5, 5.41) is 0. The fourth-order valence-electron chi connectivity index (χ4n) is 1.33. The zero-order valence-electron chi connectivity index (χ0n) is 7.68. The molecule has 1 aliphatic rings. The van der Waals surface area contributed by atoms with Gasteiger partial charge in [-0.3, -0.25) is 4.79 Å². The van der Waals surface area contributed by atoms with Crippen LogP contribution < -0.4 is 0 Å². The number of hydrogen-bond donors (Lipinski definition) is 0. The van der Waals surface area contributed by atoms with E-state index in [-0.39, 0.29) is 5.91 Å².